The Labute approximate surface area is 132 Å². The van der Waals surface area contributed by atoms with Gasteiger partial charge in [-0.05, 0) is 17.7 Å². The summed E-state index contributed by atoms with van der Waals surface area (Å²) < 4.78 is 81.2. The summed E-state index contributed by atoms with van der Waals surface area (Å²) in [5, 5.41) is 0. The number of ketones is 1. The molecule has 2 aromatic rings. The van der Waals surface area contributed by atoms with E-state index in [9.17, 15) is 31.1 Å². The van der Waals surface area contributed by atoms with Crippen LogP contribution in [0.15, 0.2) is 48.5 Å². The highest BCUT2D eigenvalue weighted by Gasteiger charge is 2.41. The summed E-state index contributed by atoms with van der Waals surface area (Å²) in [5.74, 6) is -3.07. The smallest absolute Gasteiger partial charge is 0.454 e. The van der Waals surface area contributed by atoms with Gasteiger partial charge in [0, 0.05) is 5.56 Å². The second-order valence-electron chi connectivity index (χ2n) is 4.81. The Morgan fingerprint density at radius 2 is 1.54 bits per heavy atom. The molecule has 0 amide bonds. The first kappa shape index (κ1) is 17.8. The Morgan fingerprint density at radius 1 is 0.917 bits per heavy atom. The highest BCUT2D eigenvalue weighted by molar-refractivity contribution is 6.00. The molecule has 24 heavy (non-hydrogen) atoms. The summed E-state index contributed by atoms with van der Waals surface area (Å²) in [6, 6.07) is 9.46. The molecule has 0 spiro atoms. The third kappa shape index (κ3) is 4.27. The van der Waals surface area contributed by atoms with Crippen LogP contribution in [0.3, 0.4) is 0 Å². The van der Waals surface area contributed by atoms with Gasteiger partial charge in [-0.15, -0.1) is 0 Å². The third-order valence-corrected chi connectivity index (χ3v) is 3.04. The van der Waals surface area contributed by atoms with Crippen molar-refractivity contribution in [1.82, 2.24) is 0 Å². The standard InChI is InChI=1S/C16H10F6O2/c17-15(18,19)12-7-6-11(14(23)16(20,21)22)8-13(12)24-9-10-4-2-1-3-5-10/h1-8H,9H2. The number of alkyl halides is 6. The van der Waals surface area contributed by atoms with Crippen molar-refractivity contribution in [2.24, 2.45) is 0 Å². The van der Waals surface area contributed by atoms with Crippen LogP contribution in [0.5, 0.6) is 5.75 Å². The summed E-state index contributed by atoms with van der Waals surface area (Å²) in [5.41, 5.74) is -1.64. The van der Waals surface area contributed by atoms with Gasteiger partial charge in [0.25, 0.3) is 5.78 Å². The summed E-state index contributed by atoms with van der Waals surface area (Å²) in [6.45, 7) is -0.284. The zero-order valence-electron chi connectivity index (χ0n) is 11.9. The van der Waals surface area contributed by atoms with E-state index >= 15 is 0 Å². The fourth-order valence-electron chi connectivity index (χ4n) is 1.92. The first-order valence-electron chi connectivity index (χ1n) is 6.58. The van der Waals surface area contributed by atoms with Crippen molar-refractivity contribution < 1.29 is 35.9 Å². The third-order valence-electron chi connectivity index (χ3n) is 3.04. The lowest BCUT2D eigenvalue weighted by molar-refractivity contribution is -0.139. The van der Waals surface area contributed by atoms with E-state index in [1.807, 2.05) is 0 Å². The fourth-order valence-corrected chi connectivity index (χ4v) is 1.92. The number of halogens is 6. The maximum atomic E-state index is 13.0. The summed E-state index contributed by atoms with van der Waals surface area (Å²) >= 11 is 0. The minimum atomic E-state index is -5.18. The molecular formula is C16H10F6O2. The van der Waals surface area contributed by atoms with Gasteiger partial charge in [0.05, 0.1) is 5.56 Å². The predicted octanol–water partition coefficient (Wildman–Crippen LogP) is 5.03. The van der Waals surface area contributed by atoms with E-state index in [-0.39, 0.29) is 6.61 Å². The molecule has 0 aliphatic heterocycles. The maximum Gasteiger partial charge on any atom is 0.454 e. The molecule has 0 atom stereocenters. The van der Waals surface area contributed by atoms with Crippen LogP contribution in [-0.4, -0.2) is 12.0 Å². The largest absolute Gasteiger partial charge is 0.488 e. The molecule has 0 heterocycles. The van der Waals surface area contributed by atoms with E-state index in [0.717, 1.165) is 0 Å². The molecule has 0 fully saturated rings. The Balaban J connectivity index is 2.36. The molecular weight excluding hydrogens is 338 g/mol. The van der Waals surface area contributed by atoms with Crippen molar-refractivity contribution in [2.45, 2.75) is 19.0 Å². The first-order chi connectivity index (χ1) is 11.1. The van der Waals surface area contributed by atoms with Gasteiger partial charge in [0.15, 0.2) is 0 Å². The average molecular weight is 348 g/mol. The fraction of sp³-hybridized carbons (Fsp3) is 0.188. The molecule has 128 valence electrons. The molecule has 0 aromatic heterocycles. The van der Waals surface area contributed by atoms with Crippen LogP contribution in [0.25, 0.3) is 0 Å². The van der Waals surface area contributed by atoms with Gasteiger partial charge in [-0.25, -0.2) is 0 Å². The average Bonchev–Trinajstić information content (AvgIpc) is 2.51. The lowest BCUT2D eigenvalue weighted by Crippen LogP contribution is -2.23. The molecule has 0 radical (unpaired) electrons. The maximum absolute atomic E-state index is 13.0. The predicted molar refractivity (Wildman–Crippen MR) is 72.6 cm³/mol. The van der Waals surface area contributed by atoms with E-state index in [0.29, 0.717) is 23.8 Å². The monoisotopic (exact) mass is 348 g/mol. The Kier molecular flexibility index (Phi) is 4.86. The number of carbonyl (C=O) groups is 1. The highest BCUT2D eigenvalue weighted by Crippen LogP contribution is 2.38. The van der Waals surface area contributed by atoms with E-state index in [4.69, 9.17) is 4.74 Å². The minimum Gasteiger partial charge on any atom is -0.488 e. The van der Waals surface area contributed by atoms with Crippen molar-refractivity contribution in [2.75, 3.05) is 0 Å². The molecule has 2 nitrogen and oxygen atoms in total. The van der Waals surface area contributed by atoms with Gasteiger partial charge in [-0.2, -0.15) is 26.3 Å². The van der Waals surface area contributed by atoms with Gasteiger partial charge < -0.3 is 4.74 Å². The number of benzene rings is 2. The molecule has 8 heteroatoms. The molecule has 0 saturated heterocycles. The normalized spacial score (nSPS) is 12.1. The molecule has 2 rings (SSSR count). The first-order valence-corrected chi connectivity index (χ1v) is 6.58. The number of ether oxygens (including phenoxy) is 1. The van der Waals surface area contributed by atoms with Gasteiger partial charge in [-0.1, -0.05) is 36.4 Å². The van der Waals surface area contributed by atoms with Crippen molar-refractivity contribution >= 4 is 5.78 Å². The number of hydrogen-bond acceptors (Lipinski definition) is 2. The van der Waals surface area contributed by atoms with E-state index in [2.05, 4.69) is 0 Å². The summed E-state index contributed by atoms with van der Waals surface area (Å²) in [7, 11) is 0. The number of rotatable bonds is 4. The van der Waals surface area contributed by atoms with Crippen LogP contribution in [0.4, 0.5) is 26.3 Å². The van der Waals surface area contributed by atoms with Crippen molar-refractivity contribution in [3.63, 3.8) is 0 Å². The van der Waals surface area contributed by atoms with Crippen molar-refractivity contribution in [3.05, 3.63) is 65.2 Å². The van der Waals surface area contributed by atoms with Gasteiger partial charge in [-0.3, -0.25) is 4.79 Å². The molecule has 0 bridgehead atoms. The summed E-state index contributed by atoms with van der Waals surface area (Å²) in [4.78, 5) is 11.2. The Bertz CT molecular complexity index is 720. The zero-order chi connectivity index (χ0) is 18.0. The van der Waals surface area contributed by atoms with Gasteiger partial charge in [0.2, 0.25) is 0 Å². The second kappa shape index (κ2) is 6.54. The summed E-state index contributed by atoms with van der Waals surface area (Å²) in [6.07, 6.45) is -10.0. The van der Waals surface area contributed by atoms with Crippen LogP contribution < -0.4 is 4.74 Å². The van der Waals surface area contributed by atoms with Crippen LogP contribution >= 0.6 is 0 Å². The van der Waals surface area contributed by atoms with Crippen LogP contribution in [-0.2, 0) is 12.8 Å². The molecule has 0 N–H and O–H groups in total. The SMILES string of the molecule is O=C(c1ccc(C(F)(F)F)c(OCc2ccccc2)c1)C(F)(F)F. The molecule has 0 saturated carbocycles. The number of carbonyl (C=O) groups excluding carboxylic acids is 1. The van der Waals surface area contributed by atoms with Crippen molar-refractivity contribution in [1.29, 1.82) is 0 Å². The lowest BCUT2D eigenvalue weighted by Gasteiger charge is -2.15. The van der Waals surface area contributed by atoms with E-state index in [1.165, 1.54) is 0 Å². The molecule has 0 aliphatic rings. The van der Waals surface area contributed by atoms with Crippen LogP contribution in [0.2, 0.25) is 0 Å². The molecule has 0 unspecified atom stereocenters. The van der Waals surface area contributed by atoms with Gasteiger partial charge >= 0.3 is 12.4 Å². The van der Waals surface area contributed by atoms with Gasteiger partial charge in [0.1, 0.15) is 12.4 Å². The Hall–Kier alpha value is -2.51. The number of hydrogen-bond donors (Lipinski definition) is 0. The lowest BCUT2D eigenvalue weighted by atomic mass is 10.1. The second-order valence-corrected chi connectivity index (χ2v) is 4.81. The van der Waals surface area contributed by atoms with E-state index in [1.54, 1.807) is 30.3 Å². The molecule has 2 aromatic carbocycles. The minimum absolute atomic E-state index is 0.284. The Morgan fingerprint density at radius 3 is 2.08 bits per heavy atom. The number of Topliss-reactive ketones (excluding diaryl/α,β-unsaturated/α-hetero) is 1. The zero-order valence-corrected chi connectivity index (χ0v) is 11.9. The topological polar surface area (TPSA) is 26.3 Å². The quantitative estimate of drug-likeness (QED) is 0.572. The molecule has 0 aliphatic carbocycles. The van der Waals surface area contributed by atoms with E-state index < -0.39 is 35.0 Å². The highest BCUT2D eigenvalue weighted by atomic mass is 19.4. The van der Waals surface area contributed by atoms with Crippen LogP contribution in [0, 0.1) is 0 Å². The van der Waals surface area contributed by atoms with Crippen LogP contribution in [0.1, 0.15) is 21.5 Å². The van der Waals surface area contributed by atoms with Crippen molar-refractivity contribution in [3.8, 4) is 5.75 Å².